The normalized spacial score (nSPS) is 14.2. The van der Waals surface area contributed by atoms with Crippen LogP contribution in [0.15, 0.2) is 18.2 Å². The molecule has 0 spiro atoms. The summed E-state index contributed by atoms with van der Waals surface area (Å²) >= 11 is 0. The molecule has 0 unspecified atom stereocenters. The highest BCUT2D eigenvalue weighted by atomic mass is 19.3. The van der Waals surface area contributed by atoms with Gasteiger partial charge in [0.05, 0.1) is 17.9 Å². The molecule has 110 valence electrons. The minimum Gasteiger partial charge on any atom is -0.382 e. The fourth-order valence-corrected chi connectivity index (χ4v) is 1.76. The minimum atomic E-state index is -4.23. The van der Waals surface area contributed by atoms with Gasteiger partial charge in [0.25, 0.3) is 5.91 Å². The molecule has 0 fully saturated rings. The summed E-state index contributed by atoms with van der Waals surface area (Å²) in [5.41, 5.74) is 1.60. The third-order valence-electron chi connectivity index (χ3n) is 2.84. The van der Waals surface area contributed by atoms with Crippen molar-refractivity contribution in [2.75, 3.05) is 30.3 Å². The van der Waals surface area contributed by atoms with Crippen molar-refractivity contribution in [3.05, 3.63) is 23.8 Å². The van der Waals surface area contributed by atoms with Crippen LogP contribution in [0.4, 0.5) is 28.9 Å². The second-order valence-corrected chi connectivity index (χ2v) is 4.36. The maximum absolute atomic E-state index is 12.7. The maximum Gasteiger partial charge on any atom is 0.324 e. The SMILES string of the molecule is O=C(NCC(F)(F)C(F)F)c1ccc2c(c1)NCCN2. The van der Waals surface area contributed by atoms with Crippen molar-refractivity contribution in [2.24, 2.45) is 0 Å². The van der Waals surface area contributed by atoms with Gasteiger partial charge in [-0.05, 0) is 18.2 Å². The Kier molecular flexibility index (Phi) is 4.01. The lowest BCUT2D eigenvalue weighted by molar-refractivity contribution is -0.123. The van der Waals surface area contributed by atoms with Gasteiger partial charge in [-0.2, -0.15) is 8.78 Å². The summed E-state index contributed by atoms with van der Waals surface area (Å²) in [6.07, 6.45) is -3.81. The van der Waals surface area contributed by atoms with Gasteiger partial charge in [0.15, 0.2) is 0 Å². The van der Waals surface area contributed by atoms with Crippen LogP contribution in [-0.4, -0.2) is 37.9 Å². The highest BCUT2D eigenvalue weighted by Crippen LogP contribution is 2.26. The monoisotopic (exact) mass is 291 g/mol. The van der Waals surface area contributed by atoms with Crippen LogP contribution in [0.2, 0.25) is 0 Å². The number of rotatable bonds is 4. The molecule has 0 saturated heterocycles. The molecule has 0 atom stereocenters. The number of alkyl halides is 4. The second kappa shape index (κ2) is 5.56. The van der Waals surface area contributed by atoms with Crippen molar-refractivity contribution in [3.8, 4) is 0 Å². The zero-order chi connectivity index (χ0) is 14.8. The first-order chi connectivity index (χ1) is 9.40. The predicted octanol–water partition coefficient (Wildman–Crippen LogP) is 2.15. The number of hydrogen-bond donors (Lipinski definition) is 3. The minimum absolute atomic E-state index is 0.130. The topological polar surface area (TPSA) is 53.2 Å². The smallest absolute Gasteiger partial charge is 0.324 e. The van der Waals surface area contributed by atoms with E-state index in [0.717, 1.165) is 12.2 Å². The number of nitrogens with one attached hydrogen (secondary N) is 3. The standard InChI is InChI=1S/C12H13F4N3O/c13-11(14)12(15,16)6-19-10(20)7-1-2-8-9(5-7)18-4-3-17-8/h1-2,5,11,17-18H,3-4,6H2,(H,19,20). The summed E-state index contributed by atoms with van der Waals surface area (Å²) < 4.78 is 49.4. The number of amides is 1. The van der Waals surface area contributed by atoms with Crippen LogP contribution in [0, 0.1) is 0 Å². The van der Waals surface area contributed by atoms with Crippen molar-refractivity contribution in [1.82, 2.24) is 5.32 Å². The van der Waals surface area contributed by atoms with Crippen LogP contribution in [0.25, 0.3) is 0 Å². The van der Waals surface area contributed by atoms with Crippen molar-refractivity contribution in [1.29, 1.82) is 0 Å². The van der Waals surface area contributed by atoms with E-state index in [-0.39, 0.29) is 5.56 Å². The van der Waals surface area contributed by atoms with Gasteiger partial charge in [0, 0.05) is 18.7 Å². The molecule has 1 aromatic rings. The van der Waals surface area contributed by atoms with Gasteiger partial charge in [-0.3, -0.25) is 4.79 Å². The van der Waals surface area contributed by atoms with Crippen LogP contribution in [0.3, 0.4) is 0 Å². The molecule has 20 heavy (non-hydrogen) atoms. The number of anilines is 2. The molecular formula is C12H13F4N3O. The second-order valence-electron chi connectivity index (χ2n) is 4.36. The molecule has 4 nitrogen and oxygen atoms in total. The predicted molar refractivity (Wildman–Crippen MR) is 66.7 cm³/mol. The first-order valence-electron chi connectivity index (χ1n) is 5.96. The van der Waals surface area contributed by atoms with Crippen molar-refractivity contribution >= 4 is 17.3 Å². The number of carbonyl (C=O) groups excluding carboxylic acids is 1. The highest BCUT2D eigenvalue weighted by molar-refractivity contribution is 5.96. The Balaban J connectivity index is 2.03. The van der Waals surface area contributed by atoms with Crippen LogP contribution in [-0.2, 0) is 0 Å². The first-order valence-corrected chi connectivity index (χ1v) is 5.96. The zero-order valence-electron chi connectivity index (χ0n) is 10.4. The summed E-state index contributed by atoms with van der Waals surface area (Å²) in [5, 5.41) is 7.93. The Morgan fingerprint density at radius 2 is 1.90 bits per heavy atom. The van der Waals surface area contributed by atoms with Crippen molar-refractivity contribution in [3.63, 3.8) is 0 Å². The van der Waals surface area contributed by atoms with E-state index in [0.29, 0.717) is 12.2 Å². The van der Waals surface area contributed by atoms with E-state index in [1.165, 1.54) is 12.1 Å². The molecule has 1 amide bonds. The van der Waals surface area contributed by atoms with Crippen LogP contribution in [0.5, 0.6) is 0 Å². The largest absolute Gasteiger partial charge is 0.382 e. The molecule has 0 aliphatic carbocycles. The Hall–Kier alpha value is -1.99. The van der Waals surface area contributed by atoms with Gasteiger partial charge in [0.1, 0.15) is 0 Å². The van der Waals surface area contributed by atoms with E-state index >= 15 is 0 Å². The number of fused-ring (bicyclic) bond motifs is 1. The Bertz CT molecular complexity index is 507. The lowest BCUT2D eigenvalue weighted by Gasteiger charge is -2.20. The van der Waals surface area contributed by atoms with Crippen LogP contribution in [0.1, 0.15) is 10.4 Å². The third kappa shape index (κ3) is 3.12. The third-order valence-corrected chi connectivity index (χ3v) is 2.84. The fourth-order valence-electron chi connectivity index (χ4n) is 1.76. The number of carbonyl (C=O) groups is 1. The van der Waals surface area contributed by atoms with E-state index in [9.17, 15) is 22.4 Å². The summed E-state index contributed by atoms with van der Waals surface area (Å²) in [6.45, 7) is 0.00689. The molecule has 2 rings (SSSR count). The lowest BCUT2D eigenvalue weighted by atomic mass is 10.1. The van der Waals surface area contributed by atoms with Gasteiger partial charge in [-0.1, -0.05) is 0 Å². The van der Waals surface area contributed by atoms with Gasteiger partial charge in [0.2, 0.25) is 0 Å². The summed E-state index contributed by atoms with van der Waals surface area (Å²) in [6, 6.07) is 4.55. The molecule has 0 bridgehead atoms. The van der Waals surface area contributed by atoms with Gasteiger partial charge in [-0.25, -0.2) is 8.78 Å². The van der Waals surface area contributed by atoms with Crippen molar-refractivity contribution < 1.29 is 22.4 Å². The van der Waals surface area contributed by atoms with E-state index in [1.54, 1.807) is 6.07 Å². The molecule has 0 aromatic heterocycles. The molecular weight excluding hydrogens is 278 g/mol. The molecule has 1 aliphatic rings. The Labute approximate surface area is 112 Å². The quantitative estimate of drug-likeness (QED) is 0.745. The fraction of sp³-hybridized carbons (Fsp3) is 0.417. The molecule has 1 aliphatic heterocycles. The molecule has 3 N–H and O–H groups in total. The molecule has 0 radical (unpaired) electrons. The van der Waals surface area contributed by atoms with Gasteiger partial charge < -0.3 is 16.0 Å². The molecule has 8 heteroatoms. The summed E-state index contributed by atoms with van der Waals surface area (Å²) in [4.78, 5) is 11.7. The molecule has 0 saturated carbocycles. The summed E-state index contributed by atoms with van der Waals surface area (Å²) in [7, 11) is 0. The van der Waals surface area contributed by atoms with Crippen molar-refractivity contribution in [2.45, 2.75) is 12.3 Å². The molecule has 1 heterocycles. The maximum atomic E-state index is 12.7. The number of benzene rings is 1. The Morgan fingerprint density at radius 3 is 2.55 bits per heavy atom. The van der Waals surface area contributed by atoms with E-state index in [2.05, 4.69) is 10.6 Å². The Morgan fingerprint density at radius 1 is 1.25 bits per heavy atom. The van der Waals surface area contributed by atoms with Crippen LogP contribution >= 0.6 is 0 Å². The van der Waals surface area contributed by atoms with E-state index in [1.807, 2.05) is 5.32 Å². The van der Waals surface area contributed by atoms with E-state index in [4.69, 9.17) is 0 Å². The average Bonchev–Trinajstić information content (AvgIpc) is 2.44. The molecule has 1 aromatic carbocycles. The van der Waals surface area contributed by atoms with Gasteiger partial charge in [-0.15, -0.1) is 0 Å². The average molecular weight is 291 g/mol. The lowest BCUT2D eigenvalue weighted by Crippen LogP contribution is -2.41. The highest BCUT2D eigenvalue weighted by Gasteiger charge is 2.40. The van der Waals surface area contributed by atoms with E-state index < -0.39 is 24.8 Å². The van der Waals surface area contributed by atoms with Gasteiger partial charge >= 0.3 is 12.3 Å². The zero-order valence-corrected chi connectivity index (χ0v) is 10.4. The first kappa shape index (κ1) is 14.4. The number of halogens is 4. The summed E-state index contributed by atoms with van der Waals surface area (Å²) in [5.74, 6) is -5.05. The van der Waals surface area contributed by atoms with Crippen LogP contribution < -0.4 is 16.0 Å². The number of hydrogen-bond acceptors (Lipinski definition) is 3.